The molecule has 0 amide bonds. The van der Waals surface area contributed by atoms with Gasteiger partial charge in [0.15, 0.2) is 5.82 Å². The molecule has 1 aliphatic heterocycles. The molecule has 0 aliphatic carbocycles. The standard InChI is InChI=1S/C18H17ClN4S/c1-12-4-5-13(17(19)21-12)10-23-7-6-15-14(11-23)9-20-18(22-15)16-3-2-8-24-16/h2-5,8-9H,6-7,10-11H2,1H3. The fraction of sp³-hybridized carbons (Fsp3) is 0.278. The van der Waals surface area contributed by atoms with Crippen molar-refractivity contribution in [1.29, 1.82) is 0 Å². The summed E-state index contributed by atoms with van der Waals surface area (Å²) >= 11 is 7.94. The largest absolute Gasteiger partial charge is 0.294 e. The average molecular weight is 357 g/mol. The fourth-order valence-corrected chi connectivity index (χ4v) is 3.87. The lowest BCUT2D eigenvalue weighted by molar-refractivity contribution is 0.242. The second-order valence-corrected chi connectivity index (χ2v) is 7.31. The molecule has 4 nitrogen and oxygen atoms in total. The predicted octanol–water partition coefficient (Wildman–Crippen LogP) is 4.12. The zero-order chi connectivity index (χ0) is 16.5. The molecule has 0 saturated carbocycles. The molecule has 3 aromatic rings. The molecule has 0 unspecified atom stereocenters. The van der Waals surface area contributed by atoms with Crippen LogP contribution in [-0.2, 0) is 19.5 Å². The van der Waals surface area contributed by atoms with Crippen LogP contribution in [0.2, 0.25) is 5.15 Å². The number of fused-ring (bicyclic) bond motifs is 1. The number of aryl methyl sites for hydroxylation is 1. The molecule has 0 saturated heterocycles. The van der Waals surface area contributed by atoms with E-state index in [1.54, 1.807) is 11.3 Å². The maximum absolute atomic E-state index is 6.27. The molecule has 122 valence electrons. The first kappa shape index (κ1) is 15.7. The lowest BCUT2D eigenvalue weighted by Crippen LogP contribution is -2.31. The Hall–Kier alpha value is -1.82. The summed E-state index contributed by atoms with van der Waals surface area (Å²) in [4.78, 5) is 17.1. The molecule has 4 heterocycles. The molecule has 6 heteroatoms. The highest BCUT2D eigenvalue weighted by molar-refractivity contribution is 7.13. The van der Waals surface area contributed by atoms with E-state index in [1.807, 2.05) is 25.3 Å². The highest BCUT2D eigenvalue weighted by atomic mass is 35.5. The molecular weight excluding hydrogens is 340 g/mol. The van der Waals surface area contributed by atoms with Crippen LogP contribution < -0.4 is 0 Å². The van der Waals surface area contributed by atoms with E-state index in [0.717, 1.165) is 53.7 Å². The van der Waals surface area contributed by atoms with Gasteiger partial charge in [-0.1, -0.05) is 23.7 Å². The molecular formula is C18H17ClN4S. The van der Waals surface area contributed by atoms with E-state index in [0.29, 0.717) is 5.15 Å². The maximum atomic E-state index is 6.27. The zero-order valence-electron chi connectivity index (χ0n) is 13.4. The summed E-state index contributed by atoms with van der Waals surface area (Å²) in [5.41, 5.74) is 4.39. The molecule has 0 spiro atoms. The lowest BCUT2D eigenvalue weighted by atomic mass is 10.1. The van der Waals surface area contributed by atoms with Gasteiger partial charge in [-0.2, -0.15) is 0 Å². The van der Waals surface area contributed by atoms with Crippen molar-refractivity contribution in [3.63, 3.8) is 0 Å². The number of hydrogen-bond donors (Lipinski definition) is 0. The van der Waals surface area contributed by atoms with E-state index >= 15 is 0 Å². The van der Waals surface area contributed by atoms with E-state index in [9.17, 15) is 0 Å². The van der Waals surface area contributed by atoms with Crippen molar-refractivity contribution in [1.82, 2.24) is 19.9 Å². The Morgan fingerprint density at radius 1 is 1.25 bits per heavy atom. The van der Waals surface area contributed by atoms with Gasteiger partial charge in [-0.3, -0.25) is 4.90 Å². The summed E-state index contributed by atoms with van der Waals surface area (Å²) in [6.07, 6.45) is 2.91. The van der Waals surface area contributed by atoms with Crippen LogP contribution in [0.25, 0.3) is 10.7 Å². The van der Waals surface area contributed by atoms with Crippen molar-refractivity contribution < 1.29 is 0 Å². The van der Waals surface area contributed by atoms with Crippen LogP contribution in [0.15, 0.2) is 35.8 Å². The van der Waals surface area contributed by atoms with Gasteiger partial charge in [0.1, 0.15) is 5.15 Å². The molecule has 0 aromatic carbocycles. The zero-order valence-corrected chi connectivity index (χ0v) is 14.9. The number of pyridine rings is 1. The first-order valence-electron chi connectivity index (χ1n) is 7.92. The number of aromatic nitrogens is 3. The van der Waals surface area contributed by atoms with Gasteiger partial charge in [0.25, 0.3) is 0 Å². The molecule has 0 N–H and O–H groups in total. The van der Waals surface area contributed by atoms with Crippen LogP contribution in [0.4, 0.5) is 0 Å². The number of thiophene rings is 1. The fourth-order valence-electron chi connectivity index (χ4n) is 2.95. The summed E-state index contributed by atoms with van der Waals surface area (Å²) in [5, 5.41) is 2.66. The van der Waals surface area contributed by atoms with Gasteiger partial charge in [0, 0.05) is 49.1 Å². The van der Waals surface area contributed by atoms with Gasteiger partial charge < -0.3 is 0 Å². The van der Waals surface area contributed by atoms with Crippen molar-refractivity contribution in [3.8, 4) is 10.7 Å². The first-order valence-corrected chi connectivity index (χ1v) is 9.18. The maximum Gasteiger partial charge on any atom is 0.169 e. The summed E-state index contributed by atoms with van der Waals surface area (Å²) in [7, 11) is 0. The van der Waals surface area contributed by atoms with Crippen LogP contribution >= 0.6 is 22.9 Å². The first-order chi connectivity index (χ1) is 11.7. The normalized spacial score (nSPS) is 14.6. The van der Waals surface area contributed by atoms with Gasteiger partial charge in [0.05, 0.1) is 10.6 Å². The number of halogens is 1. The molecule has 0 bridgehead atoms. The molecule has 24 heavy (non-hydrogen) atoms. The molecule has 0 radical (unpaired) electrons. The van der Waals surface area contributed by atoms with Gasteiger partial charge in [-0.25, -0.2) is 15.0 Å². The monoisotopic (exact) mass is 356 g/mol. The van der Waals surface area contributed by atoms with Crippen LogP contribution in [0, 0.1) is 6.92 Å². The Morgan fingerprint density at radius 2 is 2.17 bits per heavy atom. The van der Waals surface area contributed by atoms with Crippen molar-refractivity contribution in [2.24, 2.45) is 0 Å². The predicted molar refractivity (Wildman–Crippen MR) is 97.1 cm³/mol. The Balaban J connectivity index is 1.52. The van der Waals surface area contributed by atoms with Gasteiger partial charge in [-0.05, 0) is 24.4 Å². The minimum atomic E-state index is 0.602. The van der Waals surface area contributed by atoms with Crippen molar-refractivity contribution >= 4 is 22.9 Å². The molecule has 1 aliphatic rings. The molecule has 0 fully saturated rings. The van der Waals surface area contributed by atoms with Gasteiger partial charge >= 0.3 is 0 Å². The third-order valence-corrected chi connectivity index (χ3v) is 5.41. The van der Waals surface area contributed by atoms with Crippen LogP contribution in [0.1, 0.15) is 22.5 Å². The minimum absolute atomic E-state index is 0.602. The van der Waals surface area contributed by atoms with E-state index in [2.05, 4.69) is 32.4 Å². The number of rotatable bonds is 3. The third-order valence-electron chi connectivity index (χ3n) is 4.21. The van der Waals surface area contributed by atoms with E-state index in [1.165, 1.54) is 5.56 Å². The number of hydrogen-bond acceptors (Lipinski definition) is 5. The van der Waals surface area contributed by atoms with E-state index in [4.69, 9.17) is 16.6 Å². The highest BCUT2D eigenvalue weighted by Gasteiger charge is 2.20. The van der Waals surface area contributed by atoms with Crippen molar-refractivity contribution in [2.45, 2.75) is 26.4 Å². The Morgan fingerprint density at radius 3 is 2.96 bits per heavy atom. The Bertz CT molecular complexity index is 863. The smallest absolute Gasteiger partial charge is 0.169 e. The topological polar surface area (TPSA) is 41.9 Å². The van der Waals surface area contributed by atoms with Crippen LogP contribution in [0.5, 0.6) is 0 Å². The Labute approximate surface area is 150 Å². The van der Waals surface area contributed by atoms with Gasteiger partial charge in [-0.15, -0.1) is 11.3 Å². The highest BCUT2D eigenvalue weighted by Crippen LogP contribution is 2.25. The molecule has 4 rings (SSSR count). The summed E-state index contributed by atoms with van der Waals surface area (Å²) in [6.45, 7) is 4.58. The van der Waals surface area contributed by atoms with Crippen LogP contribution in [0.3, 0.4) is 0 Å². The second kappa shape index (κ2) is 6.59. The van der Waals surface area contributed by atoms with E-state index < -0.39 is 0 Å². The lowest BCUT2D eigenvalue weighted by Gasteiger charge is -2.28. The van der Waals surface area contributed by atoms with Gasteiger partial charge in [0.2, 0.25) is 0 Å². The molecule has 0 atom stereocenters. The van der Waals surface area contributed by atoms with Crippen molar-refractivity contribution in [3.05, 3.63) is 63.5 Å². The van der Waals surface area contributed by atoms with Crippen LogP contribution in [-0.4, -0.2) is 26.4 Å². The SMILES string of the molecule is Cc1ccc(CN2CCc3nc(-c4cccs4)ncc3C2)c(Cl)n1. The van der Waals surface area contributed by atoms with Crippen molar-refractivity contribution in [2.75, 3.05) is 6.54 Å². The minimum Gasteiger partial charge on any atom is -0.294 e. The number of nitrogens with zero attached hydrogens (tertiary/aromatic N) is 4. The quantitative estimate of drug-likeness (QED) is 0.662. The summed E-state index contributed by atoms with van der Waals surface area (Å²) < 4.78 is 0. The second-order valence-electron chi connectivity index (χ2n) is 6.01. The molecule has 3 aromatic heterocycles. The summed E-state index contributed by atoms with van der Waals surface area (Å²) in [5.74, 6) is 0.836. The third kappa shape index (κ3) is 3.20. The average Bonchev–Trinajstić information content (AvgIpc) is 3.11. The van der Waals surface area contributed by atoms with E-state index in [-0.39, 0.29) is 0 Å². The Kier molecular flexibility index (Phi) is 4.31. The summed E-state index contributed by atoms with van der Waals surface area (Å²) in [6, 6.07) is 8.17.